The maximum Gasteiger partial charge on any atom is 0.335 e. The molecule has 0 spiro atoms. The third-order valence-electron chi connectivity index (χ3n) is 1.67. The summed E-state index contributed by atoms with van der Waals surface area (Å²) in [4.78, 5) is 31.7. The Labute approximate surface area is 99.7 Å². The van der Waals surface area contributed by atoms with Crippen LogP contribution in [0.25, 0.3) is 0 Å². The molecule has 0 unspecified atom stereocenters. The Morgan fingerprint density at radius 2 is 0.875 bits per heavy atom. The van der Waals surface area contributed by atoms with Gasteiger partial charge in [-0.05, 0) is 18.2 Å². The van der Waals surface area contributed by atoms with E-state index in [1.165, 1.54) is 0 Å². The van der Waals surface area contributed by atoms with E-state index in [9.17, 15) is 14.4 Å². The molecule has 3 N–H and O–H groups in total. The van der Waals surface area contributed by atoms with Crippen LogP contribution in [0.5, 0.6) is 0 Å². The van der Waals surface area contributed by atoms with Crippen molar-refractivity contribution in [3.05, 3.63) is 34.9 Å². The van der Waals surface area contributed by atoms with Crippen LogP contribution in [0.4, 0.5) is 0 Å². The topological polar surface area (TPSA) is 112 Å². The van der Waals surface area contributed by atoms with E-state index in [1.807, 2.05) is 0 Å². The van der Waals surface area contributed by atoms with E-state index >= 15 is 0 Å². The van der Waals surface area contributed by atoms with Gasteiger partial charge in [-0.15, -0.1) is 0 Å². The molecule has 16 heavy (non-hydrogen) atoms. The van der Waals surface area contributed by atoms with Gasteiger partial charge in [-0.3, -0.25) is 0 Å². The molecule has 87 valence electrons. The quantitative estimate of drug-likeness (QED) is 0.747. The summed E-state index contributed by atoms with van der Waals surface area (Å²) in [7, 11) is 0. The Hall–Kier alpha value is -1.86. The number of carboxylic acids is 3. The zero-order chi connectivity index (χ0) is 11.6. The number of hydrogen-bond acceptors (Lipinski definition) is 3. The normalized spacial score (nSPS) is 9.00. The van der Waals surface area contributed by atoms with Crippen LogP contribution < -0.4 is 0 Å². The molecule has 0 saturated heterocycles. The molecule has 0 amide bonds. The number of rotatable bonds is 3. The van der Waals surface area contributed by atoms with Gasteiger partial charge in [0.15, 0.2) is 0 Å². The molecule has 0 atom stereocenters. The summed E-state index contributed by atoms with van der Waals surface area (Å²) in [6.45, 7) is 0. The maximum absolute atomic E-state index is 10.6. The zero-order valence-electron chi connectivity index (χ0n) is 7.63. The molecule has 1 radical (unpaired) electrons. The van der Waals surface area contributed by atoms with Gasteiger partial charge in [0.2, 0.25) is 0 Å². The van der Waals surface area contributed by atoms with Crippen molar-refractivity contribution < 1.29 is 46.5 Å². The fourth-order valence-electron chi connectivity index (χ4n) is 0.998. The molecule has 0 bridgehead atoms. The number of aromatic carboxylic acids is 3. The minimum atomic E-state index is -1.37. The van der Waals surface area contributed by atoms with Crippen LogP contribution >= 0.6 is 0 Å². The van der Waals surface area contributed by atoms with Crippen molar-refractivity contribution in [2.45, 2.75) is 0 Å². The molecule has 0 aliphatic rings. The van der Waals surface area contributed by atoms with E-state index in [0.717, 1.165) is 18.2 Å². The van der Waals surface area contributed by atoms with Crippen molar-refractivity contribution >= 4 is 17.9 Å². The summed E-state index contributed by atoms with van der Waals surface area (Å²) < 4.78 is 0. The molecule has 6 nitrogen and oxygen atoms in total. The third kappa shape index (κ3) is 3.07. The number of carbonyl (C=O) groups is 3. The average Bonchev–Trinajstić information content (AvgIpc) is 2.16. The smallest absolute Gasteiger partial charge is 0.335 e. The zero-order valence-corrected chi connectivity index (χ0v) is 8.67. The van der Waals surface area contributed by atoms with Crippen LogP contribution in [0.2, 0.25) is 0 Å². The Bertz CT molecular complexity index is 374. The van der Waals surface area contributed by atoms with Crippen LogP contribution in [0.3, 0.4) is 0 Å². The van der Waals surface area contributed by atoms with E-state index in [-0.39, 0.29) is 33.5 Å². The van der Waals surface area contributed by atoms with Crippen molar-refractivity contribution in [2.24, 2.45) is 0 Å². The fourth-order valence-corrected chi connectivity index (χ4v) is 0.998. The molecule has 7 heteroatoms. The molecule has 0 fully saturated rings. The van der Waals surface area contributed by atoms with E-state index in [0.29, 0.717) is 0 Å². The van der Waals surface area contributed by atoms with Gasteiger partial charge in [0.1, 0.15) is 0 Å². The van der Waals surface area contributed by atoms with Gasteiger partial charge in [-0.25, -0.2) is 14.4 Å². The Balaban J connectivity index is 0.00000225. The standard InChI is InChI=1S/C9H6O6.Co/c10-7(11)4-1-5(8(12)13)3-6(2-4)9(14)15;/h1-3H,(H,10,11)(H,12,13)(H,14,15);. The first-order valence-corrected chi connectivity index (χ1v) is 3.77. The van der Waals surface area contributed by atoms with Crippen LogP contribution in [-0.4, -0.2) is 33.2 Å². The van der Waals surface area contributed by atoms with Crippen LogP contribution in [0.1, 0.15) is 31.1 Å². The van der Waals surface area contributed by atoms with E-state index in [2.05, 4.69) is 0 Å². The molecule has 1 aromatic rings. The predicted molar refractivity (Wildman–Crippen MR) is 47.3 cm³/mol. The van der Waals surface area contributed by atoms with Gasteiger partial charge in [0, 0.05) is 16.8 Å². The second-order valence-electron chi connectivity index (χ2n) is 2.71. The van der Waals surface area contributed by atoms with E-state index < -0.39 is 17.9 Å². The second-order valence-corrected chi connectivity index (χ2v) is 2.71. The van der Waals surface area contributed by atoms with Gasteiger partial charge in [-0.1, -0.05) is 0 Å². The van der Waals surface area contributed by atoms with Crippen LogP contribution in [-0.2, 0) is 16.8 Å². The largest absolute Gasteiger partial charge is 0.478 e. The number of hydrogen-bond donors (Lipinski definition) is 3. The molecule has 0 aliphatic carbocycles. The van der Waals surface area contributed by atoms with Gasteiger partial charge in [-0.2, -0.15) is 0 Å². The SMILES string of the molecule is O=C(O)c1cc(C(=O)O)cc(C(=O)O)c1.[Co]. The second kappa shape index (κ2) is 5.28. The summed E-state index contributed by atoms with van der Waals surface area (Å²) >= 11 is 0. The first-order chi connectivity index (χ1) is 6.91. The number of benzene rings is 1. The first-order valence-electron chi connectivity index (χ1n) is 3.77. The van der Waals surface area contributed by atoms with Crippen molar-refractivity contribution in [1.82, 2.24) is 0 Å². The van der Waals surface area contributed by atoms with E-state index in [1.54, 1.807) is 0 Å². The molecule has 0 heterocycles. The molecule has 0 aliphatic heterocycles. The first kappa shape index (κ1) is 14.1. The minimum absolute atomic E-state index is 0. The Morgan fingerprint density at radius 3 is 1.00 bits per heavy atom. The van der Waals surface area contributed by atoms with Crippen molar-refractivity contribution in [1.29, 1.82) is 0 Å². The van der Waals surface area contributed by atoms with Crippen LogP contribution in [0.15, 0.2) is 18.2 Å². The van der Waals surface area contributed by atoms with Crippen molar-refractivity contribution in [3.63, 3.8) is 0 Å². The van der Waals surface area contributed by atoms with Crippen LogP contribution in [0, 0.1) is 0 Å². The monoisotopic (exact) mass is 269 g/mol. The molecule has 0 aromatic heterocycles. The minimum Gasteiger partial charge on any atom is -0.478 e. The van der Waals surface area contributed by atoms with Crippen molar-refractivity contribution in [3.8, 4) is 0 Å². The van der Waals surface area contributed by atoms with Gasteiger partial charge >= 0.3 is 17.9 Å². The molecule has 1 aromatic carbocycles. The van der Waals surface area contributed by atoms with Gasteiger partial charge in [0.25, 0.3) is 0 Å². The van der Waals surface area contributed by atoms with Crippen molar-refractivity contribution in [2.75, 3.05) is 0 Å². The molecule has 1 rings (SSSR count). The molecule has 0 saturated carbocycles. The Kier molecular flexibility index (Phi) is 4.67. The summed E-state index contributed by atoms with van der Waals surface area (Å²) in [5.41, 5.74) is -1.10. The predicted octanol–water partition coefficient (Wildman–Crippen LogP) is 0.779. The summed E-state index contributed by atoms with van der Waals surface area (Å²) in [5.74, 6) is -4.12. The number of carboxylic acid groups (broad SMARTS) is 3. The summed E-state index contributed by atoms with van der Waals surface area (Å²) in [5, 5.41) is 25.8. The third-order valence-corrected chi connectivity index (χ3v) is 1.67. The summed E-state index contributed by atoms with van der Waals surface area (Å²) in [6.07, 6.45) is 0. The molecular weight excluding hydrogens is 263 g/mol. The maximum atomic E-state index is 10.6. The molecular formula is C9H6CoO6. The fraction of sp³-hybridized carbons (Fsp3) is 0. The Morgan fingerprint density at radius 1 is 0.688 bits per heavy atom. The summed E-state index contributed by atoms with van der Waals surface area (Å²) in [6, 6.07) is 2.70. The van der Waals surface area contributed by atoms with Gasteiger partial charge < -0.3 is 15.3 Å². The van der Waals surface area contributed by atoms with E-state index in [4.69, 9.17) is 15.3 Å². The van der Waals surface area contributed by atoms with Gasteiger partial charge in [0.05, 0.1) is 16.7 Å². The average molecular weight is 269 g/mol.